The van der Waals surface area contributed by atoms with Crippen LogP contribution in [0, 0.1) is 0 Å². The molecule has 41 heavy (non-hydrogen) atoms. The van der Waals surface area contributed by atoms with E-state index in [0.29, 0.717) is 23.9 Å². The Hall–Kier alpha value is -1.83. The molecule has 1 aliphatic heterocycles. The van der Waals surface area contributed by atoms with Gasteiger partial charge in [0.15, 0.2) is 0 Å². The van der Waals surface area contributed by atoms with Crippen molar-refractivity contribution < 1.29 is 9.53 Å². The number of hydrogen-bond donors (Lipinski definition) is 1. The number of unbranched alkanes of at least 4 members (excludes halogenated alkanes) is 11. The van der Waals surface area contributed by atoms with Crippen molar-refractivity contribution >= 4 is 52.1 Å². The number of nitrogens with one attached hydrogen (secondary N) is 1. The molecule has 0 radical (unpaired) electrons. The predicted molar refractivity (Wildman–Crippen MR) is 183 cm³/mol. The smallest absolute Gasteiger partial charge is 0.321 e. The Balaban J connectivity index is 0.00000588. The van der Waals surface area contributed by atoms with Gasteiger partial charge in [-0.15, -0.1) is 28.7 Å². The monoisotopic (exact) mass is 665 g/mol. The fraction of sp³-hybridized carbons (Fsp3) is 0.545. The quantitative estimate of drug-likeness (QED) is 0.152. The van der Waals surface area contributed by atoms with E-state index in [4.69, 9.17) is 16.3 Å². The lowest BCUT2D eigenvalue weighted by molar-refractivity contribution is 0.248. The van der Waals surface area contributed by atoms with Crippen LogP contribution >= 0.6 is 40.3 Å². The summed E-state index contributed by atoms with van der Waals surface area (Å²) in [6, 6.07) is 13.8. The fourth-order valence-electron chi connectivity index (χ4n) is 4.95. The van der Waals surface area contributed by atoms with Crippen LogP contribution in [0.5, 0.6) is 5.75 Å². The molecule has 0 atom stereocenters. The molecule has 0 spiro atoms. The summed E-state index contributed by atoms with van der Waals surface area (Å²) in [5.74, 6) is 1.64. The maximum absolute atomic E-state index is 12.9. The highest BCUT2D eigenvalue weighted by atomic mass is 79.9. The van der Waals surface area contributed by atoms with Gasteiger partial charge in [-0.2, -0.15) is 0 Å². The molecule has 2 aromatic rings. The summed E-state index contributed by atoms with van der Waals surface area (Å²) in [4.78, 5) is 16.9. The molecule has 0 fully saturated rings. The number of urea groups is 1. The average molecular weight is 667 g/mol. The van der Waals surface area contributed by atoms with Gasteiger partial charge in [0.1, 0.15) is 5.75 Å². The molecule has 0 aliphatic carbocycles. The van der Waals surface area contributed by atoms with Crippen molar-refractivity contribution in [3.05, 3.63) is 70.2 Å². The molecule has 0 saturated carbocycles. The number of carbonyl (C=O) groups is 1. The van der Waals surface area contributed by atoms with Crippen LogP contribution in [-0.2, 0) is 13.1 Å². The Kier molecular flexibility index (Phi) is 18.1. The van der Waals surface area contributed by atoms with Crippen molar-refractivity contribution in [3.8, 4) is 5.75 Å². The standard InChI is InChI=1S/C33H48ClN3O2S.BrH/c1-3-4-5-6-7-8-9-10-11-12-13-14-21-39-32-24-29(18-19-31(32)34)26-37(33(38)35-2)30-17-15-16-28(23-30)25-36-20-22-40-27-36;/h15-20,22-24H,3-14,21,25-27H2,1-2H3,(H,35,38);1H. The van der Waals surface area contributed by atoms with Gasteiger partial charge in [0.05, 0.1) is 24.1 Å². The number of ether oxygens (including phenoxy) is 1. The summed E-state index contributed by atoms with van der Waals surface area (Å²) in [6.45, 7) is 4.17. The van der Waals surface area contributed by atoms with Crippen LogP contribution in [0.2, 0.25) is 5.02 Å². The van der Waals surface area contributed by atoms with Crippen molar-refractivity contribution in [2.45, 2.75) is 97.1 Å². The van der Waals surface area contributed by atoms with Crippen LogP contribution in [0.3, 0.4) is 0 Å². The summed E-state index contributed by atoms with van der Waals surface area (Å²) in [5, 5.41) is 5.50. The van der Waals surface area contributed by atoms with Crippen molar-refractivity contribution in [2.75, 3.05) is 24.4 Å². The third-order valence-electron chi connectivity index (χ3n) is 7.27. The van der Waals surface area contributed by atoms with Crippen LogP contribution in [0.1, 0.15) is 95.1 Å². The molecule has 8 heteroatoms. The van der Waals surface area contributed by atoms with Crippen LogP contribution in [0.4, 0.5) is 10.5 Å². The first-order valence-electron chi connectivity index (χ1n) is 15.1. The zero-order chi connectivity index (χ0) is 28.4. The van der Waals surface area contributed by atoms with E-state index in [1.54, 1.807) is 23.7 Å². The second-order valence-electron chi connectivity index (χ2n) is 10.6. The van der Waals surface area contributed by atoms with Gasteiger partial charge in [0.2, 0.25) is 0 Å². The molecule has 0 unspecified atom stereocenters. The number of halogens is 2. The van der Waals surface area contributed by atoms with Crippen molar-refractivity contribution in [2.24, 2.45) is 0 Å². The van der Waals surface area contributed by atoms with Crippen LogP contribution in [0.15, 0.2) is 54.1 Å². The van der Waals surface area contributed by atoms with E-state index in [9.17, 15) is 4.79 Å². The van der Waals surface area contributed by atoms with Gasteiger partial charge in [0, 0.05) is 25.5 Å². The highest BCUT2D eigenvalue weighted by Crippen LogP contribution is 2.28. The molecule has 2 amide bonds. The van der Waals surface area contributed by atoms with Gasteiger partial charge < -0.3 is 15.0 Å². The molecule has 1 aliphatic rings. The molecule has 0 saturated heterocycles. The van der Waals surface area contributed by atoms with E-state index in [2.05, 4.69) is 40.9 Å². The van der Waals surface area contributed by atoms with Gasteiger partial charge in [-0.1, -0.05) is 107 Å². The van der Waals surface area contributed by atoms with E-state index in [1.807, 2.05) is 30.3 Å². The number of nitrogens with zero attached hydrogens (tertiary/aromatic N) is 2. The first kappa shape index (κ1) is 35.4. The number of carbonyl (C=O) groups excluding carboxylic acids is 1. The molecule has 0 aromatic heterocycles. The first-order chi connectivity index (χ1) is 19.6. The lowest BCUT2D eigenvalue weighted by Crippen LogP contribution is -2.37. The number of rotatable bonds is 19. The highest BCUT2D eigenvalue weighted by Gasteiger charge is 2.17. The Morgan fingerprint density at radius 2 is 1.63 bits per heavy atom. The Labute approximate surface area is 268 Å². The molecule has 228 valence electrons. The van der Waals surface area contributed by atoms with Gasteiger partial charge in [-0.3, -0.25) is 4.90 Å². The van der Waals surface area contributed by atoms with Crippen molar-refractivity contribution in [3.63, 3.8) is 0 Å². The van der Waals surface area contributed by atoms with E-state index in [-0.39, 0.29) is 23.0 Å². The van der Waals surface area contributed by atoms with E-state index in [1.165, 1.54) is 76.2 Å². The van der Waals surface area contributed by atoms with E-state index >= 15 is 0 Å². The van der Waals surface area contributed by atoms with Gasteiger partial charge >= 0.3 is 6.03 Å². The number of anilines is 1. The maximum atomic E-state index is 12.9. The second kappa shape index (κ2) is 21.0. The molecule has 3 rings (SSSR count). The molecule has 1 heterocycles. The highest BCUT2D eigenvalue weighted by molar-refractivity contribution is 8.93. The SMILES string of the molecule is Br.CCCCCCCCCCCCCCOc1cc(CN(C(=O)NC)c2cccc(CN3C=CSC3)c2)ccc1Cl. The van der Waals surface area contributed by atoms with E-state index in [0.717, 1.165) is 30.1 Å². The van der Waals surface area contributed by atoms with Crippen molar-refractivity contribution in [1.29, 1.82) is 0 Å². The predicted octanol–water partition coefficient (Wildman–Crippen LogP) is 10.3. The molecule has 1 N–H and O–H groups in total. The van der Waals surface area contributed by atoms with Crippen LogP contribution in [-0.4, -0.2) is 30.5 Å². The third kappa shape index (κ3) is 13.3. The van der Waals surface area contributed by atoms with Gasteiger partial charge in [-0.25, -0.2) is 4.79 Å². The topological polar surface area (TPSA) is 44.8 Å². The zero-order valence-electron chi connectivity index (χ0n) is 24.9. The summed E-state index contributed by atoms with van der Waals surface area (Å²) in [5.41, 5.74) is 3.00. The number of thioether (sulfide) groups is 1. The number of benzene rings is 2. The fourth-order valence-corrected chi connectivity index (χ4v) is 5.83. The molecular formula is C33H49BrClN3O2S. The minimum atomic E-state index is -0.150. The number of amides is 2. The Morgan fingerprint density at radius 1 is 0.951 bits per heavy atom. The summed E-state index contributed by atoms with van der Waals surface area (Å²) >= 11 is 8.25. The normalized spacial score (nSPS) is 12.3. The van der Waals surface area contributed by atoms with Crippen molar-refractivity contribution in [1.82, 2.24) is 10.2 Å². The molecule has 5 nitrogen and oxygen atoms in total. The maximum Gasteiger partial charge on any atom is 0.321 e. The minimum absolute atomic E-state index is 0. The molecular weight excluding hydrogens is 618 g/mol. The lowest BCUT2D eigenvalue weighted by Gasteiger charge is -2.24. The third-order valence-corrected chi connectivity index (χ3v) is 8.37. The van der Waals surface area contributed by atoms with Gasteiger partial charge in [-0.05, 0) is 47.2 Å². The first-order valence-corrected chi connectivity index (χ1v) is 16.5. The lowest BCUT2D eigenvalue weighted by atomic mass is 10.1. The van der Waals surface area contributed by atoms with Gasteiger partial charge in [0.25, 0.3) is 0 Å². The molecule has 2 aromatic carbocycles. The summed E-state index contributed by atoms with van der Waals surface area (Å²) in [6.07, 6.45) is 17.9. The average Bonchev–Trinajstić information content (AvgIpc) is 3.48. The Morgan fingerprint density at radius 3 is 2.27 bits per heavy atom. The van der Waals surface area contributed by atoms with Crippen LogP contribution in [0.25, 0.3) is 0 Å². The Bertz CT molecular complexity index is 1050. The minimum Gasteiger partial charge on any atom is -0.492 e. The van der Waals surface area contributed by atoms with E-state index < -0.39 is 0 Å². The van der Waals surface area contributed by atoms with Crippen LogP contribution < -0.4 is 15.0 Å². The molecule has 0 bridgehead atoms. The number of hydrogen-bond acceptors (Lipinski definition) is 4. The summed E-state index contributed by atoms with van der Waals surface area (Å²) < 4.78 is 6.07. The zero-order valence-corrected chi connectivity index (χ0v) is 28.2. The largest absolute Gasteiger partial charge is 0.492 e. The second-order valence-corrected chi connectivity index (χ2v) is 11.9. The summed E-state index contributed by atoms with van der Waals surface area (Å²) in [7, 11) is 1.66.